The molecule has 0 atom stereocenters. The fourth-order valence-electron chi connectivity index (χ4n) is 0.923. The standard InChI is InChI=1S/C3H6O6S3/c4-10(5)1-11(6,7)3-12(8,9)2-10/h1-3H2. The van der Waals surface area contributed by atoms with Gasteiger partial charge >= 0.3 is 0 Å². The van der Waals surface area contributed by atoms with E-state index >= 15 is 0 Å². The first kappa shape index (κ1) is 9.93. The van der Waals surface area contributed by atoms with Gasteiger partial charge in [0.25, 0.3) is 0 Å². The lowest BCUT2D eigenvalue weighted by atomic mass is 11.8. The van der Waals surface area contributed by atoms with Crippen molar-refractivity contribution in [3.63, 3.8) is 0 Å². The predicted molar refractivity (Wildman–Crippen MR) is 41.4 cm³/mol. The van der Waals surface area contributed by atoms with E-state index in [0.29, 0.717) is 0 Å². The first-order chi connectivity index (χ1) is 5.12. The average Bonchev–Trinajstić information content (AvgIpc) is 1.44. The third-order valence-corrected chi connectivity index (χ3v) is 9.70. The van der Waals surface area contributed by atoms with Crippen LogP contribution < -0.4 is 0 Å². The van der Waals surface area contributed by atoms with Gasteiger partial charge in [-0.2, -0.15) is 0 Å². The fourth-order valence-corrected chi connectivity index (χ4v) is 10.1. The Balaban J connectivity index is 3.33. The fraction of sp³-hybridized carbons (Fsp3) is 1.00. The molecule has 0 unspecified atom stereocenters. The smallest absolute Gasteiger partial charge is 0.179 e. The van der Waals surface area contributed by atoms with Crippen molar-refractivity contribution in [3.05, 3.63) is 0 Å². The Hall–Kier alpha value is -0.150. The van der Waals surface area contributed by atoms with Crippen molar-refractivity contribution in [1.82, 2.24) is 0 Å². The quantitative estimate of drug-likeness (QED) is 0.486. The zero-order valence-corrected chi connectivity index (χ0v) is 8.25. The summed E-state index contributed by atoms with van der Waals surface area (Å²) in [5.74, 6) is 0. The number of sulfone groups is 3. The van der Waals surface area contributed by atoms with E-state index in [1.807, 2.05) is 0 Å². The Morgan fingerprint density at radius 2 is 0.667 bits per heavy atom. The Morgan fingerprint density at radius 3 is 0.833 bits per heavy atom. The first-order valence-electron chi connectivity index (χ1n) is 2.73. The molecular formula is C3H6O6S3. The van der Waals surface area contributed by atoms with E-state index in [4.69, 9.17) is 0 Å². The minimum absolute atomic E-state index is 1.06. The number of hydrogen-bond donors (Lipinski definition) is 0. The molecule has 0 bridgehead atoms. The number of hydrogen-bond acceptors (Lipinski definition) is 6. The lowest BCUT2D eigenvalue weighted by Gasteiger charge is -2.11. The molecule has 72 valence electrons. The van der Waals surface area contributed by atoms with Gasteiger partial charge in [-0.1, -0.05) is 0 Å². The molecule has 1 aliphatic rings. The molecule has 1 aliphatic heterocycles. The molecule has 0 amide bonds. The average molecular weight is 234 g/mol. The molecule has 0 saturated carbocycles. The van der Waals surface area contributed by atoms with Gasteiger partial charge in [0.15, 0.2) is 44.8 Å². The van der Waals surface area contributed by atoms with Gasteiger partial charge < -0.3 is 0 Å². The second-order valence-electron chi connectivity index (χ2n) is 2.58. The van der Waals surface area contributed by atoms with Crippen LogP contribution in [-0.2, 0) is 29.5 Å². The molecule has 0 radical (unpaired) electrons. The topological polar surface area (TPSA) is 102 Å². The van der Waals surface area contributed by atoms with Crippen LogP contribution in [0.2, 0.25) is 0 Å². The van der Waals surface area contributed by atoms with Crippen LogP contribution in [0.25, 0.3) is 0 Å². The second kappa shape index (κ2) is 2.42. The molecule has 9 heteroatoms. The van der Waals surface area contributed by atoms with E-state index in [9.17, 15) is 25.3 Å². The van der Waals surface area contributed by atoms with Crippen LogP contribution in [0.3, 0.4) is 0 Å². The van der Waals surface area contributed by atoms with Crippen molar-refractivity contribution >= 4 is 29.5 Å². The maximum absolute atomic E-state index is 10.7. The van der Waals surface area contributed by atoms with Crippen LogP contribution in [0, 0.1) is 0 Å². The summed E-state index contributed by atoms with van der Waals surface area (Å²) in [7, 11) is -11.9. The van der Waals surface area contributed by atoms with Crippen LogP contribution in [0.1, 0.15) is 0 Å². The Kier molecular flexibility index (Phi) is 2.00. The summed E-state index contributed by atoms with van der Waals surface area (Å²) in [6.07, 6.45) is 0. The maximum atomic E-state index is 10.7. The summed E-state index contributed by atoms with van der Waals surface area (Å²) in [5, 5.41) is -3.17. The summed E-state index contributed by atoms with van der Waals surface area (Å²) >= 11 is 0. The van der Waals surface area contributed by atoms with E-state index < -0.39 is 44.8 Å². The molecule has 1 fully saturated rings. The largest absolute Gasteiger partial charge is 0.227 e. The summed E-state index contributed by atoms with van der Waals surface area (Å²) < 4.78 is 64.3. The monoisotopic (exact) mass is 234 g/mol. The molecule has 0 aromatic heterocycles. The van der Waals surface area contributed by atoms with Gasteiger partial charge in [-0.25, -0.2) is 25.3 Å². The first-order valence-corrected chi connectivity index (χ1v) is 8.20. The minimum Gasteiger partial charge on any atom is -0.227 e. The predicted octanol–water partition coefficient (Wildman–Crippen LogP) is -1.88. The summed E-state index contributed by atoms with van der Waals surface area (Å²) in [6, 6.07) is 0. The molecular weight excluding hydrogens is 228 g/mol. The van der Waals surface area contributed by atoms with E-state index in [1.54, 1.807) is 0 Å². The third kappa shape index (κ3) is 2.42. The highest BCUT2D eigenvalue weighted by Crippen LogP contribution is 2.13. The van der Waals surface area contributed by atoms with Crippen molar-refractivity contribution in [3.8, 4) is 0 Å². The van der Waals surface area contributed by atoms with Gasteiger partial charge in [-0.3, -0.25) is 0 Å². The van der Waals surface area contributed by atoms with Crippen LogP contribution in [-0.4, -0.2) is 40.5 Å². The van der Waals surface area contributed by atoms with E-state index in [1.165, 1.54) is 0 Å². The highest BCUT2D eigenvalue weighted by molar-refractivity contribution is 8.23. The molecule has 1 heterocycles. The minimum atomic E-state index is -3.97. The molecule has 12 heavy (non-hydrogen) atoms. The SMILES string of the molecule is O=S1(=O)CS(=O)(=O)CS(=O)(=O)C1. The molecule has 0 aromatic carbocycles. The lowest BCUT2D eigenvalue weighted by Crippen LogP contribution is -2.35. The zero-order valence-electron chi connectivity index (χ0n) is 5.80. The van der Waals surface area contributed by atoms with Crippen LogP contribution in [0.5, 0.6) is 0 Å². The highest BCUT2D eigenvalue weighted by atomic mass is 32.3. The molecule has 0 spiro atoms. The summed E-state index contributed by atoms with van der Waals surface area (Å²) in [6.45, 7) is 0. The van der Waals surface area contributed by atoms with E-state index in [-0.39, 0.29) is 0 Å². The third-order valence-electron chi connectivity index (χ3n) is 1.08. The molecule has 1 rings (SSSR count). The van der Waals surface area contributed by atoms with E-state index in [0.717, 1.165) is 0 Å². The van der Waals surface area contributed by atoms with Crippen molar-refractivity contribution in [2.45, 2.75) is 0 Å². The lowest BCUT2D eigenvalue weighted by molar-refractivity contribution is 0.581. The summed E-state index contributed by atoms with van der Waals surface area (Å²) in [5.41, 5.74) is 0. The van der Waals surface area contributed by atoms with Gasteiger partial charge in [0.1, 0.15) is 0 Å². The Labute approximate surface area is 70.3 Å². The highest BCUT2D eigenvalue weighted by Gasteiger charge is 2.38. The van der Waals surface area contributed by atoms with Gasteiger partial charge in [0, 0.05) is 0 Å². The van der Waals surface area contributed by atoms with Crippen molar-refractivity contribution in [2.24, 2.45) is 0 Å². The molecule has 6 nitrogen and oxygen atoms in total. The van der Waals surface area contributed by atoms with Gasteiger partial charge in [-0.15, -0.1) is 0 Å². The van der Waals surface area contributed by atoms with Crippen molar-refractivity contribution in [2.75, 3.05) is 15.3 Å². The molecule has 0 aliphatic carbocycles. The van der Waals surface area contributed by atoms with Gasteiger partial charge in [0.05, 0.1) is 0 Å². The van der Waals surface area contributed by atoms with Gasteiger partial charge in [0.2, 0.25) is 0 Å². The zero-order chi connectivity index (χ0) is 9.62. The van der Waals surface area contributed by atoms with Gasteiger partial charge in [-0.05, 0) is 0 Å². The normalized spacial score (nSPS) is 31.0. The Morgan fingerprint density at radius 1 is 0.500 bits per heavy atom. The van der Waals surface area contributed by atoms with Crippen LogP contribution in [0.4, 0.5) is 0 Å². The van der Waals surface area contributed by atoms with Crippen LogP contribution >= 0.6 is 0 Å². The van der Waals surface area contributed by atoms with E-state index in [2.05, 4.69) is 0 Å². The summed E-state index contributed by atoms with van der Waals surface area (Å²) in [4.78, 5) is 0. The second-order valence-corrected chi connectivity index (χ2v) is 9.87. The molecule has 0 N–H and O–H groups in total. The number of rotatable bonds is 0. The molecule has 0 aromatic rings. The van der Waals surface area contributed by atoms with Crippen molar-refractivity contribution in [1.29, 1.82) is 0 Å². The Bertz CT molecular complexity index is 376. The maximum Gasteiger partial charge on any atom is 0.179 e. The molecule has 1 saturated heterocycles. The van der Waals surface area contributed by atoms with Crippen molar-refractivity contribution < 1.29 is 25.3 Å². The van der Waals surface area contributed by atoms with Crippen LogP contribution in [0.15, 0.2) is 0 Å².